The highest BCUT2D eigenvalue weighted by Crippen LogP contribution is 1.82. The van der Waals surface area contributed by atoms with Crippen LogP contribution in [0.15, 0.2) is 0 Å². The second-order valence-electron chi connectivity index (χ2n) is 2.68. The van der Waals surface area contributed by atoms with E-state index in [1.54, 1.807) is 14.1 Å². The molecule has 4 heteroatoms. The van der Waals surface area contributed by atoms with E-state index in [-0.39, 0.29) is 6.03 Å². The molecule has 0 aromatic rings. The van der Waals surface area contributed by atoms with Gasteiger partial charge >= 0.3 is 6.03 Å². The lowest BCUT2D eigenvalue weighted by atomic mass is 10.4. The molecule has 0 bridgehead atoms. The smallest absolute Gasteiger partial charge is 0.316 e. The zero-order valence-electron chi connectivity index (χ0n) is 8.09. The molecule has 0 heterocycles. The van der Waals surface area contributed by atoms with E-state index in [1.165, 1.54) is 4.90 Å². The molecule has 0 spiro atoms. The molecule has 1 N–H and O–H groups in total. The lowest BCUT2D eigenvalue weighted by molar-refractivity contribution is 0.144. The molecule has 0 aromatic heterocycles. The number of carbonyl (C=O) groups excluding carboxylic acids is 1. The van der Waals surface area contributed by atoms with E-state index in [1.807, 2.05) is 6.92 Å². The lowest BCUT2D eigenvalue weighted by Crippen LogP contribution is -2.35. The van der Waals surface area contributed by atoms with Crippen LogP contribution in [-0.2, 0) is 4.74 Å². The molecule has 4 nitrogen and oxygen atoms in total. The number of carbonyl (C=O) groups is 1. The Morgan fingerprint density at radius 1 is 1.50 bits per heavy atom. The zero-order valence-corrected chi connectivity index (χ0v) is 8.09. The highest BCUT2D eigenvalue weighted by Gasteiger charge is 1.99. The number of rotatable bonds is 5. The number of amides is 2. The minimum Gasteiger partial charge on any atom is -0.382 e. The van der Waals surface area contributed by atoms with Gasteiger partial charge in [-0.25, -0.2) is 4.79 Å². The van der Waals surface area contributed by atoms with Gasteiger partial charge in [-0.1, -0.05) is 0 Å². The number of hydrogen-bond donors (Lipinski definition) is 1. The van der Waals surface area contributed by atoms with Gasteiger partial charge in [0.25, 0.3) is 0 Å². The summed E-state index contributed by atoms with van der Waals surface area (Å²) in [4.78, 5) is 12.5. The van der Waals surface area contributed by atoms with Crippen LogP contribution < -0.4 is 5.32 Å². The summed E-state index contributed by atoms with van der Waals surface area (Å²) in [6.07, 6.45) is 0.868. The van der Waals surface area contributed by atoms with Crippen LogP contribution in [0.1, 0.15) is 13.3 Å². The molecule has 0 saturated carbocycles. The van der Waals surface area contributed by atoms with Crippen LogP contribution in [0.25, 0.3) is 0 Å². The maximum atomic E-state index is 10.9. The predicted molar refractivity (Wildman–Crippen MR) is 48.2 cm³/mol. The van der Waals surface area contributed by atoms with Crippen molar-refractivity contribution in [2.75, 3.05) is 33.9 Å². The fraction of sp³-hybridized carbons (Fsp3) is 0.875. The summed E-state index contributed by atoms with van der Waals surface area (Å²) in [6.45, 7) is 4.08. The van der Waals surface area contributed by atoms with Gasteiger partial charge in [0.2, 0.25) is 0 Å². The van der Waals surface area contributed by atoms with Gasteiger partial charge in [-0.15, -0.1) is 0 Å². The first-order valence-corrected chi connectivity index (χ1v) is 4.21. The average Bonchev–Trinajstić information content (AvgIpc) is 2.03. The molecule has 0 aliphatic heterocycles. The Bertz CT molecular complexity index is 126. The number of nitrogens with zero attached hydrogens (tertiary/aromatic N) is 1. The topological polar surface area (TPSA) is 41.6 Å². The summed E-state index contributed by atoms with van der Waals surface area (Å²) in [7, 11) is 3.44. The van der Waals surface area contributed by atoms with Crippen LogP contribution in [-0.4, -0.2) is 44.8 Å². The fourth-order valence-electron chi connectivity index (χ4n) is 0.672. The molecule has 0 fully saturated rings. The first-order chi connectivity index (χ1) is 5.68. The third-order valence-corrected chi connectivity index (χ3v) is 1.35. The summed E-state index contributed by atoms with van der Waals surface area (Å²) < 4.78 is 5.11. The predicted octanol–water partition coefficient (Wildman–Crippen LogP) is 0.684. The number of ether oxygens (including phenoxy) is 1. The molecule has 0 aliphatic carbocycles. The molecule has 2 amide bonds. The molecular formula is C8H18N2O2. The Morgan fingerprint density at radius 2 is 2.17 bits per heavy atom. The monoisotopic (exact) mass is 174 g/mol. The largest absolute Gasteiger partial charge is 0.382 e. The summed E-state index contributed by atoms with van der Waals surface area (Å²) in [5.41, 5.74) is 0. The third kappa shape index (κ3) is 5.97. The molecule has 0 aromatic carbocycles. The maximum Gasteiger partial charge on any atom is 0.316 e. The molecule has 0 radical (unpaired) electrons. The molecule has 0 saturated heterocycles. The summed E-state index contributed by atoms with van der Waals surface area (Å²) in [5.74, 6) is 0. The van der Waals surface area contributed by atoms with E-state index in [4.69, 9.17) is 4.74 Å². The number of hydrogen-bond acceptors (Lipinski definition) is 2. The Kier molecular flexibility index (Phi) is 6.47. The van der Waals surface area contributed by atoms with Crippen LogP contribution in [0.4, 0.5) is 4.79 Å². The minimum atomic E-state index is -0.0495. The summed E-state index contributed by atoms with van der Waals surface area (Å²) in [6, 6.07) is -0.0495. The molecular weight excluding hydrogens is 156 g/mol. The fourth-order valence-corrected chi connectivity index (χ4v) is 0.672. The van der Waals surface area contributed by atoms with E-state index in [0.717, 1.165) is 13.0 Å². The van der Waals surface area contributed by atoms with Gasteiger partial charge < -0.3 is 15.0 Å². The van der Waals surface area contributed by atoms with Crippen molar-refractivity contribution in [1.29, 1.82) is 0 Å². The quantitative estimate of drug-likeness (QED) is 0.623. The van der Waals surface area contributed by atoms with Crippen molar-refractivity contribution < 1.29 is 9.53 Å². The molecule has 0 aliphatic rings. The summed E-state index contributed by atoms with van der Waals surface area (Å²) >= 11 is 0. The second kappa shape index (κ2) is 6.91. The lowest BCUT2D eigenvalue weighted by Gasteiger charge is -2.11. The van der Waals surface area contributed by atoms with E-state index >= 15 is 0 Å². The average molecular weight is 174 g/mol. The standard InChI is InChI=1S/C8H18N2O2/c1-4-12-7-5-6-9-8(11)10(2)3/h4-7H2,1-3H3,(H,9,11). The van der Waals surface area contributed by atoms with E-state index in [2.05, 4.69) is 5.32 Å². The third-order valence-electron chi connectivity index (χ3n) is 1.35. The van der Waals surface area contributed by atoms with Crippen molar-refractivity contribution in [3.05, 3.63) is 0 Å². The summed E-state index contributed by atoms with van der Waals surface area (Å²) in [5, 5.41) is 2.75. The van der Waals surface area contributed by atoms with Gasteiger partial charge in [-0.2, -0.15) is 0 Å². The first-order valence-electron chi connectivity index (χ1n) is 4.21. The van der Waals surface area contributed by atoms with Crippen LogP contribution in [0.3, 0.4) is 0 Å². The number of nitrogens with one attached hydrogen (secondary N) is 1. The SMILES string of the molecule is CCOCCCNC(=O)N(C)C. The highest BCUT2D eigenvalue weighted by molar-refractivity contribution is 5.73. The van der Waals surface area contributed by atoms with Gasteiger partial charge in [0.1, 0.15) is 0 Å². The van der Waals surface area contributed by atoms with E-state index in [9.17, 15) is 4.79 Å². The molecule has 0 atom stereocenters. The van der Waals surface area contributed by atoms with Crippen molar-refractivity contribution in [2.24, 2.45) is 0 Å². The van der Waals surface area contributed by atoms with Crippen molar-refractivity contribution in [1.82, 2.24) is 10.2 Å². The molecule has 0 unspecified atom stereocenters. The highest BCUT2D eigenvalue weighted by atomic mass is 16.5. The van der Waals surface area contributed by atoms with Crippen LogP contribution >= 0.6 is 0 Å². The van der Waals surface area contributed by atoms with E-state index < -0.39 is 0 Å². The van der Waals surface area contributed by atoms with Crippen molar-refractivity contribution in [3.8, 4) is 0 Å². The zero-order chi connectivity index (χ0) is 9.40. The molecule has 72 valence electrons. The Balaban J connectivity index is 3.14. The Labute approximate surface area is 73.9 Å². The van der Waals surface area contributed by atoms with Crippen molar-refractivity contribution >= 4 is 6.03 Å². The van der Waals surface area contributed by atoms with Gasteiger partial charge in [0.15, 0.2) is 0 Å². The first kappa shape index (κ1) is 11.2. The number of urea groups is 1. The molecule has 0 rings (SSSR count). The van der Waals surface area contributed by atoms with Gasteiger partial charge in [-0.05, 0) is 13.3 Å². The van der Waals surface area contributed by atoms with Gasteiger partial charge in [0.05, 0.1) is 0 Å². The van der Waals surface area contributed by atoms with Crippen molar-refractivity contribution in [2.45, 2.75) is 13.3 Å². The normalized spacial score (nSPS) is 9.58. The molecule has 12 heavy (non-hydrogen) atoms. The van der Waals surface area contributed by atoms with Crippen molar-refractivity contribution in [3.63, 3.8) is 0 Å². The van der Waals surface area contributed by atoms with Crippen LogP contribution in [0.5, 0.6) is 0 Å². The van der Waals surface area contributed by atoms with Crippen LogP contribution in [0.2, 0.25) is 0 Å². The Hall–Kier alpha value is -0.770. The maximum absolute atomic E-state index is 10.9. The van der Waals surface area contributed by atoms with Gasteiger partial charge in [-0.3, -0.25) is 0 Å². The van der Waals surface area contributed by atoms with Gasteiger partial charge in [0, 0.05) is 33.9 Å². The Morgan fingerprint density at radius 3 is 2.67 bits per heavy atom. The van der Waals surface area contributed by atoms with Crippen LogP contribution in [0, 0.1) is 0 Å². The van der Waals surface area contributed by atoms with E-state index in [0.29, 0.717) is 13.2 Å². The minimum absolute atomic E-state index is 0.0495. The second-order valence-corrected chi connectivity index (χ2v) is 2.68.